The largest absolute Gasteiger partial charge is 0.505 e. The number of aromatic nitrogens is 2. The number of fused-ring (bicyclic) bond motifs is 1. The van der Waals surface area contributed by atoms with Gasteiger partial charge in [-0.15, -0.1) is 10.2 Å². The highest BCUT2D eigenvalue weighted by Gasteiger charge is 2.28. The Bertz CT molecular complexity index is 2650. The van der Waals surface area contributed by atoms with Crippen molar-refractivity contribution in [2.45, 2.75) is 21.2 Å². The third-order valence-corrected chi connectivity index (χ3v) is 10.1. The van der Waals surface area contributed by atoms with Crippen molar-refractivity contribution in [1.82, 2.24) is 9.97 Å². The van der Waals surface area contributed by atoms with Crippen molar-refractivity contribution in [3.05, 3.63) is 94.9 Å². The van der Waals surface area contributed by atoms with Gasteiger partial charge >= 0.3 is 6.08 Å². The van der Waals surface area contributed by atoms with Gasteiger partial charge < -0.3 is 15.3 Å². The fourth-order valence-electron chi connectivity index (χ4n) is 4.89. The van der Waals surface area contributed by atoms with E-state index in [2.05, 4.69) is 25.5 Å². The Labute approximate surface area is 297 Å². The van der Waals surface area contributed by atoms with Crippen LogP contribution in [0.15, 0.2) is 91.6 Å². The lowest BCUT2D eigenvalue weighted by Crippen LogP contribution is -2.19. The van der Waals surface area contributed by atoms with Crippen molar-refractivity contribution in [2.24, 2.45) is 10.2 Å². The number of hydrogen-bond donors (Lipinski definition) is 5. The summed E-state index contributed by atoms with van der Waals surface area (Å²) in [7, 11) is -14.4. The van der Waals surface area contributed by atoms with Crippen LogP contribution >= 0.6 is 11.6 Å². The summed E-state index contributed by atoms with van der Waals surface area (Å²) in [6, 6.07) is 12.7. The van der Waals surface area contributed by atoms with Crippen LogP contribution in [0.5, 0.6) is 5.75 Å². The number of hydrogen-bond acceptors (Lipinski definition) is 13. The van der Waals surface area contributed by atoms with Gasteiger partial charge in [0.05, 0.1) is 11.1 Å². The van der Waals surface area contributed by atoms with Gasteiger partial charge in [0, 0.05) is 24.5 Å². The Hall–Kier alpha value is -5.23. The molecule has 4 aromatic carbocycles. The van der Waals surface area contributed by atoms with Gasteiger partial charge in [-0.05, 0) is 48.0 Å². The maximum atomic E-state index is 13.9. The quantitative estimate of drug-likeness (QED) is 0.0519. The Morgan fingerprint density at radius 1 is 0.846 bits per heavy atom. The Balaban J connectivity index is 1.71. The highest BCUT2D eigenvalue weighted by molar-refractivity contribution is 7.86. The molecule has 0 saturated carbocycles. The van der Waals surface area contributed by atoms with Crippen molar-refractivity contribution in [2.75, 3.05) is 17.3 Å². The highest BCUT2D eigenvalue weighted by Crippen LogP contribution is 2.46. The molecule has 0 aliphatic carbocycles. The van der Waals surface area contributed by atoms with E-state index in [1.807, 2.05) is 0 Å². The summed E-state index contributed by atoms with van der Waals surface area (Å²) in [5.74, 6) is -3.79. The van der Waals surface area contributed by atoms with Crippen molar-refractivity contribution in [1.29, 1.82) is 0 Å². The van der Waals surface area contributed by atoms with E-state index in [4.69, 9.17) is 11.6 Å². The Morgan fingerprint density at radius 3 is 2.08 bits per heavy atom. The molecule has 52 heavy (non-hydrogen) atoms. The van der Waals surface area contributed by atoms with Gasteiger partial charge in [-0.25, -0.2) is 0 Å². The van der Waals surface area contributed by atoms with E-state index in [0.717, 1.165) is 35.2 Å². The van der Waals surface area contributed by atoms with Crippen molar-refractivity contribution < 1.29 is 57.6 Å². The number of aromatic hydroxyl groups is 1. The number of nitrogens with one attached hydrogen (secondary N) is 1. The zero-order chi connectivity index (χ0) is 38.3. The first kappa shape index (κ1) is 38.0. The van der Waals surface area contributed by atoms with Crippen molar-refractivity contribution >= 4 is 81.5 Å². The first-order chi connectivity index (χ1) is 24.2. The van der Waals surface area contributed by atoms with E-state index in [0.29, 0.717) is 6.07 Å². The van der Waals surface area contributed by atoms with Gasteiger partial charge in [-0.3, -0.25) is 18.5 Å². The number of rotatable bonds is 10. The second-order valence-electron chi connectivity index (χ2n) is 10.6. The standard InChI is InChI=1S/C29H21ClF2N6O11S3/c1-38(27-23(30)26(31)34-29(32)35-27)13-14-7-9-20(51(44,45)46)18(11-14)36-37-24-21(52(47,48)49)12-16-19(50(41,42)43)10-8-17(22(16)25(24)39)33-28(40)15-5-3-2-4-6-15/h2-12,39H,13H2,1H3,(H,33,40)(H,41,42,43)(H,44,45,46)(H,47,48,49). The molecule has 0 spiro atoms. The van der Waals surface area contributed by atoms with Crippen LogP contribution in [0.1, 0.15) is 15.9 Å². The lowest BCUT2D eigenvalue weighted by atomic mass is 10.1. The monoisotopic (exact) mass is 798 g/mol. The van der Waals surface area contributed by atoms with Crippen LogP contribution in [-0.4, -0.2) is 66.9 Å². The predicted octanol–water partition coefficient (Wildman–Crippen LogP) is 5.31. The molecular weight excluding hydrogens is 778 g/mol. The molecule has 272 valence electrons. The summed E-state index contributed by atoms with van der Waals surface area (Å²) in [5.41, 5.74) is -1.94. The summed E-state index contributed by atoms with van der Waals surface area (Å²) in [6.45, 7) is -0.301. The number of azo groups is 1. The molecule has 5 N–H and O–H groups in total. The zero-order valence-corrected chi connectivity index (χ0v) is 29.0. The lowest BCUT2D eigenvalue weighted by Gasteiger charge is -2.19. The number of nitrogens with zero attached hydrogens (tertiary/aromatic N) is 5. The minimum absolute atomic E-state index is 0.101. The number of phenolic OH excluding ortho intramolecular Hbond substituents is 1. The number of amides is 1. The normalized spacial score (nSPS) is 12.4. The van der Waals surface area contributed by atoms with Crippen molar-refractivity contribution in [3.63, 3.8) is 0 Å². The number of halogens is 3. The van der Waals surface area contributed by atoms with Crippen LogP contribution in [0.2, 0.25) is 5.02 Å². The predicted molar refractivity (Wildman–Crippen MR) is 179 cm³/mol. The number of carbonyl (C=O) groups is 1. The van der Waals surface area contributed by atoms with Crippen LogP contribution in [0, 0.1) is 12.0 Å². The fourth-order valence-corrected chi connectivity index (χ4v) is 7.05. The molecule has 0 fully saturated rings. The highest BCUT2D eigenvalue weighted by atomic mass is 35.5. The van der Waals surface area contributed by atoms with Crippen LogP contribution < -0.4 is 10.2 Å². The van der Waals surface area contributed by atoms with E-state index in [9.17, 15) is 57.6 Å². The van der Waals surface area contributed by atoms with Crippen molar-refractivity contribution in [3.8, 4) is 5.75 Å². The molecule has 5 aromatic rings. The third kappa shape index (κ3) is 7.97. The topological polar surface area (TPSA) is 266 Å². The molecule has 17 nitrogen and oxygen atoms in total. The maximum absolute atomic E-state index is 13.9. The molecule has 0 atom stereocenters. The molecule has 23 heteroatoms. The molecule has 0 aliphatic heterocycles. The molecule has 0 radical (unpaired) electrons. The van der Waals surface area contributed by atoms with E-state index in [1.54, 1.807) is 6.07 Å². The summed E-state index contributed by atoms with van der Waals surface area (Å²) in [5, 5.41) is 19.2. The summed E-state index contributed by atoms with van der Waals surface area (Å²) >= 11 is 5.85. The Kier molecular flexibility index (Phi) is 10.3. The number of benzene rings is 4. The molecular formula is C29H21ClF2N6O11S3. The number of phenols is 1. The first-order valence-corrected chi connectivity index (χ1v) is 18.6. The molecule has 1 aromatic heterocycles. The van der Waals surface area contributed by atoms with E-state index >= 15 is 0 Å². The van der Waals surface area contributed by atoms with Gasteiger partial charge in [0.1, 0.15) is 31.1 Å². The van der Waals surface area contributed by atoms with E-state index < -0.39 is 102 Å². The average Bonchev–Trinajstić information content (AvgIpc) is 3.04. The van der Waals surface area contributed by atoms with Gasteiger partial charge in [0.2, 0.25) is 5.95 Å². The van der Waals surface area contributed by atoms with E-state index in [1.165, 1.54) is 31.3 Å². The van der Waals surface area contributed by atoms with E-state index in [-0.39, 0.29) is 23.4 Å². The molecule has 0 unspecified atom stereocenters. The summed E-state index contributed by atoms with van der Waals surface area (Å²) in [4.78, 5) is 17.2. The summed E-state index contributed by atoms with van der Waals surface area (Å²) in [6.07, 6.45) is -1.45. The molecule has 1 heterocycles. The van der Waals surface area contributed by atoms with Crippen LogP contribution in [0.4, 0.5) is 31.7 Å². The average molecular weight is 799 g/mol. The number of anilines is 2. The first-order valence-electron chi connectivity index (χ1n) is 13.9. The maximum Gasteiger partial charge on any atom is 0.313 e. The van der Waals surface area contributed by atoms with Crippen LogP contribution in [0.25, 0.3) is 10.8 Å². The van der Waals surface area contributed by atoms with Crippen LogP contribution in [0.3, 0.4) is 0 Å². The minimum Gasteiger partial charge on any atom is -0.505 e. The zero-order valence-electron chi connectivity index (χ0n) is 25.8. The molecule has 0 aliphatic rings. The lowest BCUT2D eigenvalue weighted by molar-refractivity contribution is 0.102. The van der Waals surface area contributed by atoms with Crippen LogP contribution in [-0.2, 0) is 36.9 Å². The van der Waals surface area contributed by atoms with Gasteiger partial charge in [0.15, 0.2) is 11.6 Å². The molecule has 0 saturated heterocycles. The smallest absolute Gasteiger partial charge is 0.313 e. The SMILES string of the molecule is CN(Cc1ccc(S(=O)(=O)O)c(N=Nc2c(S(=O)(=O)O)cc3c(S(=O)(=O)O)ccc(NC(=O)c4ccccc4)c3c2O)c1)c1nc(F)nc(F)c1Cl. The molecule has 5 rings (SSSR count). The summed E-state index contributed by atoms with van der Waals surface area (Å²) < 4.78 is 131. The second kappa shape index (κ2) is 14.1. The van der Waals surface area contributed by atoms with Gasteiger partial charge in [0.25, 0.3) is 36.3 Å². The molecule has 0 bridgehead atoms. The third-order valence-electron chi connectivity index (χ3n) is 7.12. The van der Waals surface area contributed by atoms with Gasteiger partial charge in [-0.2, -0.15) is 44.0 Å². The second-order valence-corrected chi connectivity index (χ2v) is 15.2. The molecule has 1 amide bonds. The van der Waals surface area contributed by atoms with Gasteiger partial charge in [-0.1, -0.05) is 35.9 Å². The minimum atomic E-state index is -5.44. The Morgan fingerprint density at radius 2 is 1.46 bits per heavy atom. The fraction of sp³-hybridized carbons (Fsp3) is 0.0690. The number of carbonyl (C=O) groups excluding carboxylic acids is 1.